The molecule has 0 spiro atoms. The lowest BCUT2D eigenvalue weighted by atomic mass is 10.0. The number of carbonyl (C=O) groups excluding carboxylic acids is 5. The fourth-order valence-corrected chi connectivity index (χ4v) is 3.99. The Morgan fingerprint density at radius 3 is 1.71 bits per heavy atom. The lowest BCUT2D eigenvalue weighted by molar-refractivity contribution is -0.147. The van der Waals surface area contributed by atoms with Crippen LogP contribution in [0.1, 0.15) is 58.1 Å². The first-order valence-corrected chi connectivity index (χ1v) is 13.8. The first-order valence-electron chi connectivity index (χ1n) is 13.8. The molecule has 222 valence electrons. The van der Waals surface area contributed by atoms with Crippen molar-refractivity contribution in [3.8, 4) is 0 Å². The van der Waals surface area contributed by atoms with Gasteiger partial charge in [-0.1, -0.05) is 88.4 Å². The number of hydrogen-bond acceptors (Lipinski definition) is 7. The predicted molar refractivity (Wildman–Crippen MR) is 153 cm³/mol. The van der Waals surface area contributed by atoms with E-state index in [0.29, 0.717) is 12.7 Å². The van der Waals surface area contributed by atoms with Crippen LogP contribution >= 0.6 is 0 Å². The summed E-state index contributed by atoms with van der Waals surface area (Å²) in [4.78, 5) is 63.2. The highest BCUT2D eigenvalue weighted by atomic mass is 16.5. The van der Waals surface area contributed by atoms with Crippen LogP contribution in [0.25, 0.3) is 0 Å². The molecule has 2 aromatic rings. The van der Waals surface area contributed by atoms with Gasteiger partial charge in [-0.15, -0.1) is 0 Å². The lowest BCUT2D eigenvalue weighted by Gasteiger charge is -2.25. The van der Waals surface area contributed by atoms with E-state index in [1.807, 2.05) is 52.0 Å². The van der Waals surface area contributed by atoms with Gasteiger partial charge in [-0.05, 0) is 35.8 Å². The highest BCUT2D eigenvalue weighted by Crippen LogP contribution is 2.10. The maximum absolute atomic E-state index is 13.3. The summed E-state index contributed by atoms with van der Waals surface area (Å²) in [6.07, 6.45) is -0.000438. The van der Waals surface area contributed by atoms with Crippen LogP contribution in [0.3, 0.4) is 0 Å². The zero-order valence-corrected chi connectivity index (χ0v) is 24.1. The highest BCUT2D eigenvalue weighted by Gasteiger charge is 2.31. The second-order valence-corrected chi connectivity index (χ2v) is 10.7. The normalized spacial score (nSPS) is 13.0. The monoisotopic (exact) mass is 567 g/mol. The maximum atomic E-state index is 13.3. The minimum absolute atomic E-state index is 0.00292. The number of aldehydes is 1. The molecule has 0 heterocycles. The van der Waals surface area contributed by atoms with Crippen LogP contribution in [0.2, 0.25) is 0 Å². The van der Waals surface area contributed by atoms with Gasteiger partial charge in [-0.25, -0.2) is 4.79 Å². The number of nitrogens with one attached hydrogen (secondary N) is 3. The van der Waals surface area contributed by atoms with E-state index in [1.54, 1.807) is 36.4 Å². The van der Waals surface area contributed by atoms with Crippen molar-refractivity contribution < 1.29 is 33.4 Å². The number of amides is 3. The van der Waals surface area contributed by atoms with Gasteiger partial charge in [0.15, 0.2) is 0 Å². The molecule has 0 aromatic heterocycles. The average molecular weight is 568 g/mol. The van der Waals surface area contributed by atoms with Crippen molar-refractivity contribution in [2.75, 3.05) is 0 Å². The summed E-state index contributed by atoms with van der Waals surface area (Å²) >= 11 is 0. The van der Waals surface area contributed by atoms with Crippen LogP contribution in [0.4, 0.5) is 4.79 Å². The Bertz CT molecular complexity index is 1120. The summed E-state index contributed by atoms with van der Waals surface area (Å²) in [5.74, 6) is -1.96. The minimum Gasteiger partial charge on any atom is -0.461 e. The fourth-order valence-electron chi connectivity index (χ4n) is 3.99. The second-order valence-electron chi connectivity index (χ2n) is 10.7. The Hall–Kier alpha value is -4.21. The van der Waals surface area contributed by atoms with E-state index in [2.05, 4.69) is 16.0 Å². The van der Waals surface area contributed by atoms with Crippen molar-refractivity contribution in [1.29, 1.82) is 0 Å². The van der Waals surface area contributed by atoms with Crippen LogP contribution in [-0.4, -0.2) is 48.3 Å². The topological polar surface area (TPSA) is 140 Å². The van der Waals surface area contributed by atoms with Crippen LogP contribution in [0.5, 0.6) is 0 Å². The van der Waals surface area contributed by atoms with Crippen molar-refractivity contribution in [3.63, 3.8) is 0 Å². The van der Waals surface area contributed by atoms with Gasteiger partial charge >= 0.3 is 12.1 Å². The van der Waals surface area contributed by atoms with Gasteiger partial charge in [0.25, 0.3) is 0 Å². The molecule has 3 atom stereocenters. The summed E-state index contributed by atoms with van der Waals surface area (Å²) in [6.45, 7) is 7.58. The first kappa shape index (κ1) is 33.0. The quantitative estimate of drug-likeness (QED) is 0.208. The number of benzene rings is 2. The largest absolute Gasteiger partial charge is 0.461 e. The van der Waals surface area contributed by atoms with Gasteiger partial charge in [0.2, 0.25) is 11.8 Å². The summed E-state index contributed by atoms with van der Waals surface area (Å²) in [6, 6.07) is 14.9. The maximum Gasteiger partial charge on any atom is 0.408 e. The van der Waals surface area contributed by atoms with Crippen molar-refractivity contribution in [3.05, 3.63) is 71.8 Å². The third kappa shape index (κ3) is 13.1. The van der Waals surface area contributed by atoms with Crippen molar-refractivity contribution in [2.24, 2.45) is 11.8 Å². The number of rotatable bonds is 16. The molecule has 0 radical (unpaired) electrons. The van der Waals surface area contributed by atoms with Crippen LogP contribution in [-0.2, 0) is 41.9 Å². The van der Waals surface area contributed by atoms with Gasteiger partial charge < -0.3 is 30.2 Å². The summed E-state index contributed by atoms with van der Waals surface area (Å²) in [5.41, 5.74) is 1.54. The van der Waals surface area contributed by atoms with E-state index in [9.17, 15) is 24.0 Å². The van der Waals surface area contributed by atoms with Crippen LogP contribution in [0.15, 0.2) is 60.7 Å². The molecule has 0 unspecified atom stereocenters. The van der Waals surface area contributed by atoms with Crippen LogP contribution in [0, 0.1) is 11.8 Å². The molecule has 2 rings (SSSR count). The molecule has 0 aliphatic rings. The van der Waals surface area contributed by atoms with E-state index >= 15 is 0 Å². The van der Waals surface area contributed by atoms with Gasteiger partial charge in [-0.3, -0.25) is 14.4 Å². The third-order valence-corrected chi connectivity index (χ3v) is 5.99. The average Bonchev–Trinajstić information content (AvgIpc) is 2.94. The van der Waals surface area contributed by atoms with Gasteiger partial charge in [-0.2, -0.15) is 0 Å². The molecule has 0 saturated carbocycles. The Morgan fingerprint density at radius 1 is 0.683 bits per heavy atom. The third-order valence-electron chi connectivity index (χ3n) is 5.99. The molecule has 0 aliphatic carbocycles. The Morgan fingerprint density at radius 2 is 1.20 bits per heavy atom. The van der Waals surface area contributed by atoms with E-state index in [0.717, 1.165) is 11.1 Å². The van der Waals surface area contributed by atoms with Crippen LogP contribution < -0.4 is 16.0 Å². The van der Waals surface area contributed by atoms with E-state index in [1.165, 1.54) is 0 Å². The predicted octanol–water partition coefficient (Wildman–Crippen LogP) is 3.68. The Balaban J connectivity index is 2.12. The molecule has 0 fully saturated rings. The molecule has 41 heavy (non-hydrogen) atoms. The van der Waals surface area contributed by atoms with Gasteiger partial charge in [0, 0.05) is 0 Å². The lowest BCUT2D eigenvalue weighted by Crippen LogP contribution is -2.56. The first-order chi connectivity index (χ1) is 19.6. The minimum atomic E-state index is -1.34. The SMILES string of the molecule is CC(C)C[C@@H](C=O)NC(=O)[C@H](CC(=O)OCc1ccccc1)NC(=O)[C@H](CC(C)C)NC(=O)OCc1ccccc1. The summed E-state index contributed by atoms with van der Waals surface area (Å²) in [7, 11) is 0. The second kappa shape index (κ2) is 17.5. The number of hydrogen-bond donors (Lipinski definition) is 3. The standard InChI is InChI=1S/C31H41N3O7/c1-21(2)15-25(18-35)32-29(37)27(17-28(36)40-19-23-11-7-5-8-12-23)33-30(38)26(16-22(3)4)34-31(39)41-20-24-13-9-6-10-14-24/h5-14,18,21-22,25-27H,15-17,19-20H2,1-4H3,(H,32,37)(H,33,38)(H,34,39)/t25-,26-,27-/m0/s1. The molecular formula is C31H41N3O7. The van der Waals surface area contributed by atoms with Crippen molar-refractivity contribution >= 4 is 30.2 Å². The summed E-state index contributed by atoms with van der Waals surface area (Å²) < 4.78 is 10.6. The van der Waals surface area contributed by atoms with E-state index < -0.39 is 48.4 Å². The van der Waals surface area contributed by atoms with Crippen molar-refractivity contribution in [2.45, 2.75) is 78.3 Å². The molecule has 10 heteroatoms. The summed E-state index contributed by atoms with van der Waals surface area (Å²) in [5, 5.41) is 7.74. The molecule has 0 saturated heterocycles. The van der Waals surface area contributed by atoms with E-state index in [-0.39, 0.29) is 31.5 Å². The molecule has 0 bridgehead atoms. The molecule has 0 aliphatic heterocycles. The van der Waals surface area contributed by atoms with Crippen molar-refractivity contribution in [1.82, 2.24) is 16.0 Å². The zero-order chi connectivity index (χ0) is 30.2. The fraction of sp³-hybridized carbons (Fsp3) is 0.452. The van der Waals surface area contributed by atoms with Gasteiger partial charge in [0.1, 0.15) is 31.6 Å². The molecule has 10 nitrogen and oxygen atoms in total. The molecule has 3 N–H and O–H groups in total. The number of carbonyl (C=O) groups is 5. The zero-order valence-electron chi connectivity index (χ0n) is 24.1. The Kier molecular flexibility index (Phi) is 14.1. The highest BCUT2D eigenvalue weighted by molar-refractivity contribution is 5.94. The number of esters is 1. The molecule has 3 amide bonds. The number of alkyl carbamates (subject to hydrolysis) is 1. The molecular weight excluding hydrogens is 526 g/mol. The Labute approximate surface area is 241 Å². The van der Waals surface area contributed by atoms with Gasteiger partial charge in [0.05, 0.1) is 12.5 Å². The smallest absolute Gasteiger partial charge is 0.408 e. The molecule has 2 aromatic carbocycles. The van der Waals surface area contributed by atoms with E-state index in [4.69, 9.17) is 9.47 Å². The number of ether oxygens (including phenoxy) is 2.